The van der Waals surface area contributed by atoms with Crippen molar-refractivity contribution in [2.24, 2.45) is 0 Å². The van der Waals surface area contributed by atoms with Crippen molar-refractivity contribution in [3.63, 3.8) is 0 Å². The highest BCUT2D eigenvalue weighted by molar-refractivity contribution is 5.79. The Morgan fingerprint density at radius 2 is 1.87 bits per heavy atom. The molecular weight excluding hydrogens is 319 g/mol. The van der Waals surface area contributed by atoms with Crippen LogP contribution in [0.3, 0.4) is 0 Å². The quantitative estimate of drug-likeness (QED) is 0.714. The summed E-state index contributed by atoms with van der Waals surface area (Å²) in [5, 5.41) is 11.0. The maximum Gasteiger partial charge on any atom is 0.522 e. The number of carbonyl (C=O) groups is 2. The van der Waals surface area contributed by atoms with Crippen molar-refractivity contribution >= 4 is 12.1 Å². The van der Waals surface area contributed by atoms with E-state index in [1.807, 2.05) is 0 Å². The Kier molecular flexibility index (Phi) is 7.33. The molecule has 9 heteroatoms. The molecule has 2 N–H and O–H groups in total. The molecule has 0 saturated heterocycles. The minimum atomic E-state index is -4.76. The summed E-state index contributed by atoms with van der Waals surface area (Å²) in [5.41, 5.74) is 0.716. The Morgan fingerprint density at radius 1 is 1.22 bits per heavy atom. The summed E-state index contributed by atoms with van der Waals surface area (Å²) in [7, 11) is 0. The Hall–Kier alpha value is -2.29. The number of rotatable bonds is 8. The van der Waals surface area contributed by atoms with Gasteiger partial charge in [0.2, 0.25) is 0 Å². The summed E-state index contributed by atoms with van der Waals surface area (Å²) in [6.07, 6.45) is -6.12. The van der Waals surface area contributed by atoms with Crippen LogP contribution in [0.2, 0.25) is 0 Å². The van der Waals surface area contributed by atoms with E-state index in [-0.39, 0.29) is 19.4 Å². The van der Waals surface area contributed by atoms with Crippen LogP contribution < -0.4 is 5.32 Å². The molecular formula is C14H16F3NO5. The van der Waals surface area contributed by atoms with Gasteiger partial charge in [-0.3, -0.25) is 4.74 Å². The molecule has 0 fully saturated rings. The SMILES string of the molecule is O=C(NC(CCCOC(F)(F)F)C(=O)O)OCc1ccccc1. The van der Waals surface area contributed by atoms with Gasteiger partial charge in [0, 0.05) is 0 Å². The molecule has 6 nitrogen and oxygen atoms in total. The van der Waals surface area contributed by atoms with Crippen molar-refractivity contribution in [2.75, 3.05) is 6.61 Å². The van der Waals surface area contributed by atoms with Gasteiger partial charge in [-0.25, -0.2) is 9.59 Å². The monoisotopic (exact) mass is 335 g/mol. The van der Waals surface area contributed by atoms with E-state index in [4.69, 9.17) is 9.84 Å². The largest absolute Gasteiger partial charge is 0.522 e. The van der Waals surface area contributed by atoms with Crippen LogP contribution in [-0.2, 0) is 20.9 Å². The van der Waals surface area contributed by atoms with E-state index in [1.54, 1.807) is 30.3 Å². The van der Waals surface area contributed by atoms with E-state index in [0.29, 0.717) is 5.56 Å². The summed E-state index contributed by atoms with van der Waals surface area (Å²) in [5.74, 6) is -1.37. The van der Waals surface area contributed by atoms with Gasteiger partial charge in [0.15, 0.2) is 0 Å². The lowest BCUT2D eigenvalue weighted by Gasteiger charge is -2.15. The standard InChI is InChI=1S/C14H16F3NO5/c15-14(16,17)23-8-4-7-11(12(19)20)18-13(21)22-9-10-5-2-1-3-6-10/h1-3,5-6,11H,4,7-9H2,(H,18,21)(H,19,20). The highest BCUT2D eigenvalue weighted by Crippen LogP contribution is 2.16. The van der Waals surface area contributed by atoms with Gasteiger partial charge in [-0.1, -0.05) is 30.3 Å². The molecule has 0 aromatic heterocycles. The first kappa shape index (κ1) is 18.8. The Morgan fingerprint density at radius 3 is 2.43 bits per heavy atom. The minimum absolute atomic E-state index is 0.0454. The second-order valence-electron chi connectivity index (χ2n) is 4.53. The third-order valence-electron chi connectivity index (χ3n) is 2.71. The van der Waals surface area contributed by atoms with Crippen LogP contribution in [0.15, 0.2) is 30.3 Å². The van der Waals surface area contributed by atoms with Crippen molar-refractivity contribution in [3.05, 3.63) is 35.9 Å². The third kappa shape index (κ3) is 8.67. The number of amides is 1. The molecule has 0 aliphatic rings. The number of hydrogen-bond donors (Lipinski definition) is 2. The van der Waals surface area contributed by atoms with Crippen molar-refractivity contribution in [3.8, 4) is 0 Å². The normalized spacial score (nSPS) is 12.5. The van der Waals surface area contributed by atoms with Crippen LogP contribution >= 0.6 is 0 Å². The highest BCUT2D eigenvalue weighted by Gasteiger charge is 2.29. The van der Waals surface area contributed by atoms with Crippen LogP contribution in [0.25, 0.3) is 0 Å². The number of benzene rings is 1. The van der Waals surface area contributed by atoms with Crippen molar-refractivity contribution in [2.45, 2.75) is 31.9 Å². The molecule has 0 saturated carbocycles. The van der Waals surface area contributed by atoms with Gasteiger partial charge in [-0.05, 0) is 18.4 Å². The minimum Gasteiger partial charge on any atom is -0.480 e. The van der Waals surface area contributed by atoms with Crippen LogP contribution in [-0.4, -0.2) is 36.2 Å². The van der Waals surface area contributed by atoms with Gasteiger partial charge >= 0.3 is 18.4 Å². The van der Waals surface area contributed by atoms with Gasteiger partial charge in [-0.2, -0.15) is 0 Å². The average Bonchev–Trinajstić information content (AvgIpc) is 2.48. The predicted molar refractivity (Wildman–Crippen MR) is 72.4 cm³/mol. The van der Waals surface area contributed by atoms with Crippen LogP contribution in [0.5, 0.6) is 0 Å². The molecule has 23 heavy (non-hydrogen) atoms. The number of halogens is 3. The molecule has 1 aromatic rings. The van der Waals surface area contributed by atoms with E-state index < -0.39 is 31.1 Å². The van der Waals surface area contributed by atoms with Crippen LogP contribution in [0.1, 0.15) is 18.4 Å². The summed E-state index contributed by atoms with van der Waals surface area (Å²) < 4.78 is 43.7. The van der Waals surface area contributed by atoms with E-state index in [2.05, 4.69) is 10.1 Å². The third-order valence-corrected chi connectivity index (χ3v) is 2.71. The predicted octanol–water partition coefficient (Wildman–Crippen LogP) is 2.68. The number of aliphatic carboxylic acids is 1. The average molecular weight is 335 g/mol. The van der Waals surface area contributed by atoms with E-state index in [1.165, 1.54) is 0 Å². The lowest BCUT2D eigenvalue weighted by Crippen LogP contribution is -2.41. The van der Waals surface area contributed by atoms with E-state index in [9.17, 15) is 22.8 Å². The number of hydrogen-bond acceptors (Lipinski definition) is 4. The number of carbonyl (C=O) groups excluding carboxylic acids is 1. The zero-order valence-electron chi connectivity index (χ0n) is 12.0. The topological polar surface area (TPSA) is 84.9 Å². The second kappa shape index (κ2) is 8.99. The number of ether oxygens (including phenoxy) is 2. The summed E-state index contributed by atoms with van der Waals surface area (Å²) in [6.45, 7) is -0.732. The zero-order valence-corrected chi connectivity index (χ0v) is 12.0. The zero-order chi connectivity index (χ0) is 17.3. The molecule has 1 unspecified atom stereocenters. The highest BCUT2D eigenvalue weighted by atomic mass is 19.4. The summed E-state index contributed by atoms with van der Waals surface area (Å²) in [4.78, 5) is 22.5. The first-order valence-corrected chi connectivity index (χ1v) is 6.68. The summed E-state index contributed by atoms with van der Waals surface area (Å²) >= 11 is 0. The van der Waals surface area contributed by atoms with Crippen LogP contribution in [0, 0.1) is 0 Å². The van der Waals surface area contributed by atoms with E-state index >= 15 is 0 Å². The molecule has 0 aliphatic heterocycles. The van der Waals surface area contributed by atoms with Crippen LogP contribution in [0.4, 0.5) is 18.0 Å². The fourth-order valence-corrected chi connectivity index (χ4v) is 1.64. The first-order valence-electron chi connectivity index (χ1n) is 6.68. The molecule has 1 aromatic carbocycles. The Bertz CT molecular complexity index is 507. The Labute approximate surface area is 130 Å². The molecule has 0 heterocycles. The molecule has 0 spiro atoms. The second-order valence-corrected chi connectivity index (χ2v) is 4.53. The molecule has 0 bridgehead atoms. The number of alkyl halides is 3. The lowest BCUT2D eigenvalue weighted by atomic mass is 10.1. The van der Waals surface area contributed by atoms with Crippen molar-refractivity contribution < 1.29 is 37.3 Å². The maximum absolute atomic E-state index is 11.8. The fourth-order valence-electron chi connectivity index (χ4n) is 1.64. The molecule has 0 radical (unpaired) electrons. The number of nitrogens with one attached hydrogen (secondary N) is 1. The smallest absolute Gasteiger partial charge is 0.480 e. The molecule has 128 valence electrons. The molecule has 1 atom stereocenters. The van der Waals surface area contributed by atoms with Crippen molar-refractivity contribution in [1.29, 1.82) is 0 Å². The summed E-state index contributed by atoms with van der Waals surface area (Å²) in [6, 6.07) is 7.37. The van der Waals surface area contributed by atoms with Gasteiger partial charge < -0.3 is 15.2 Å². The van der Waals surface area contributed by atoms with E-state index in [0.717, 1.165) is 0 Å². The maximum atomic E-state index is 11.8. The number of carboxylic acids is 1. The van der Waals surface area contributed by atoms with Gasteiger partial charge in [0.05, 0.1) is 6.61 Å². The molecule has 0 aliphatic carbocycles. The van der Waals surface area contributed by atoms with Gasteiger partial charge in [-0.15, -0.1) is 13.2 Å². The molecule has 1 amide bonds. The first-order chi connectivity index (χ1) is 10.8. The lowest BCUT2D eigenvalue weighted by molar-refractivity contribution is -0.324. The molecule has 1 rings (SSSR count). The Balaban J connectivity index is 2.34. The number of carboxylic acid groups (broad SMARTS) is 1. The van der Waals surface area contributed by atoms with Gasteiger partial charge in [0.25, 0.3) is 0 Å². The number of alkyl carbamates (subject to hydrolysis) is 1. The van der Waals surface area contributed by atoms with Crippen molar-refractivity contribution in [1.82, 2.24) is 5.32 Å². The fraction of sp³-hybridized carbons (Fsp3) is 0.429. The van der Waals surface area contributed by atoms with Gasteiger partial charge in [0.1, 0.15) is 12.6 Å².